The van der Waals surface area contributed by atoms with Crippen molar-refractivity contribution in [3.05, 3.63) is 0 Å². The smallest absolute Gasteiger partial charge is 0.237 e. The van der Waals surface area contributed by atoms with Crippen molar-refractivity contribution >= 4 is 5.91 Å². The molecule has 0 aromatic rings. The Morgan fingerprint density at radius 3 is 2.42 bits per heavy atom. The highest BCUT2D eigenvalue weighted by atomic mass is 16.5. The largest absolute Gasteiger partial charge is 0.381 e. The zero-order valence-electron chi connectivity index (χ0n) is 12.1. The summed E-state index contributed by atoms with van der Waals surface area (Å²) in [6.45, 7) is 3.74. The van der Waals surface area contributed by atoms with Gasteiger partial charge in [0.05, 0.1) is 6.04 Å². The molecule has 1 aliphatic carbocycles. The molecule has 2 fully saturated rings. The number of carbonyl (C=O) groups is 1. The fraction of sp³-hybridized carbons (Fsp3) is 0.933. The van der Waals surface area contributed by atoms with Gasteiger partial charge in [-0.15, -0.1) is 0 Å². The summed E-state index contributed by atoms with van der Waals surface area (Å²) in [5.41, 5.74) is 6.09. The fourth-order valence-corrected chi connectivity index (χ4v) is 3.30. The third-order valence-corrected chi connectivity index (χ3v) is 4.85. The average Bonchev–Trinajstić information content (AvgIpc) is 2.48. The molecule has 1 saturated carbocycles. The molecule has 1 saturated heterocycles. The van der Waals surface area contributed by atoms with Gasteiger partial charge in [0.1, 0.15) is 0 Å². The molecule has 3 N–H and O–H groups in total. The molecular weight excluding hydrogens is 240 g/mol. The minimum atomic E-state index is -0.354. The van der Waals surface area contributed by atoms with Crippen LogP contribution in [0.5, 0.6) is 0 Å². The van der Waals surface area contributed by atoms with Crippen LogP contribution in [0.25, 0.3) is 0 Å². The second-order valence-electron chi connectivity index (χ2n) is 6.11. The van der Waals surface area contributed by atoms with Gasteiger partial charge in [-0.1, -0.05) is 13.3 Å². The number of hydrogen-bond donors (Lipinski definition) is 2. The number of carbonyl (C=O) groups excluding carboxylic acids is 1. The normalized spacial score (nSPS) is 30.8. The van der Waals surface area contributed by atoms with Gasteiger partial charge in [0.15, 0.2) is 0 Å². The number of hydrogen-bond acceptors (Lipinski definition) is 3. The van der Waals surface area contributed by atoms with E-state index in [1.807, 2.05) is 0 Å². The van der Waals surface area contributed by atoms with Gasteiger partial charge in [-0.2, -0.15) is 0 Å². The van der Waals surface area contributed by atoms with Gasteiger partial charge in [-0.25, -0.2) is 0 Å². The molecular formula is C15H28N2O2. The second-order valence-corrected chi connectivity index (χ2v) is 6.11. The van der Waals surface area contributed by atoms with E-state index in [9.17, 15) is 4.79 Å². The first-order valence-electron chi connectivity index (χ1n) is 7.84. The number of rotatable bonds is 4. The molecule has 1 unspecified atom stereocenters. The number of nitrogens with two attached hydrogens (primary N) is 1. The van der Waals surface area contributed by atoms with E-state index in [0.29, 0.717) is 12.0 Å². The molecule has 4 nitrogen and oxygen atoms in total. The summed E-state index contributed by atoms with van der Waals surface area (Å²) in [4.78, 5) is 12.2. The van der Waals surface area contributed by atoms with Crippen LogP contribution in [0, 0.1) is 11.8 Å². The van der Waals surface area contributed by atoms with Crippen molar-refractivity contribution in [2.45, 2.75) is 64.0 Å². The van der Waals surface area contributed by atoms with Gasteiger partial charge in [-0.05, 0) is 50.4 Å². The molecule has 2 aliphatic rings. The van der Waals surface area contributed by atoms with Gasteiger partial charge in [-0.3, -0.25) is 4.79 Å². The first-order valence-corrected chi connectivity index (χ1v) is 7.84. The van der Waals surface area contributed by atoms with Crippen molar-refractivity contribution in [3.8, 4) is 0 Å². The SMILES string of the molecule is CCC1CCC(NC(=O)C(N)C2CCOCC2)CC1. The Labute approximate surface area is 116 Å². The van der Waals surface area contributed by atoms with Gasteiger partial charge < -0.3 is 15.8 Å². The molecule has 1 atom stereocenters. The van der Waals surface area contributed by atoms with Gasteiger partial charge in [0.2, 0.25) is 5.91 Å². The van der Waals surface area contributed by atoms with Crippen molar-refractivity contribution in [1.82, 2.24) is 5.32 Å². The van der Waals surface area contributed by atoms with Crippen LogP contribution in [-0.2, 0) is 9.53 Å². The van der Waals surface area contributed by atoms with E-state index >= 15 is 0 Å². The third kappa shape index (κ3) is 4.18. The maximum Gasteiger partial charge on any atom is 0.237 e. The number of nitrogens with one attached hydrogen (secondary N) is 1. The first-order chi connectivity index (χ1) is 9.20. The van der Waals surface area contributed by atoms with Gasteiger partial charge in [0.25, 0.3) is 0 Å². The van der Waals surface area contributed by atoms with Gasteiger partial charge in [0, 0.05) is 19.3 Å². The lowest BCUT2D eigenvalue weighted by Crippen LogP contribution is -2.50. The molecule has 0 radical (unpaired) electrons. The summed E-state index contributed by atoms with van der Waals surface area (Å²) in [6.07, 6.45) is 7.81. The molecule has 0 bridgehead atoms. The molecule has 0 aromatic heterocycles. The summed E-state index contributed by atoms with van der Waals surface area (Å²) in [7, 11) is 0. The molecule has 0 spiro atoms. The van der Waals surface area contributed by atoms with E-state index in [4.69, 9.17) is 10.5 Å². The van der Waals surface area contributed by atoms with Crippen LogP contribution in [0.4, 0.5) is 0 Å². The quantitative estimate of drug-likeness (QED) is 0.817. The Balaban J connectivity index is 1.74. The Morgan fingerprint density at radius 1 is 1.21 bits per heavy atom. The standard InChI is InChI=1S/C15H28N2O2/c1-2-11-3-5-13(6-4-11)17-15(18)14(16)12-7-9-19-10-8-12/h11-14H,2-10,16H2,1H3,(H,17,18). The van der Waals surface area contributed by atoms with E-state index in [0.717, 1.165) is 44.8 Å². The van der Waals surface area contributed by atoms with Crippen molar-refractivity contribution in [1.29, 1.82) is 0 Å². The lowest BCUT2D eigenvalue weighted by molar-refractivity contribution is -0.125. The van der Waals surface area contributed by atoms with E-state index < -0.39 is 0 Å². The highest BCUT2D eigenvalue weighted by Crippen LogP contribution is 2.26. The van der Waals surface area contributed by atoms with Gasteiger partial charge >= 0.3 is 0 Å². The van der Waals surface area contributed by atoms with E-state index in [2.05, 4.69) is 12.2 Å². The van der Waals surface area contributed by atoms with Crippen molar-refractivity contribution in [2.75, 3.05) is 13.2 Å². The number of ether oxygens (including phenoxy) is 1. The van der Waals surface area contributed by atoms with Crippen molar-refractivity contribution < 1.29 is 9.53 Å². The highest BCUT2D eigenvalue weighted by molar-refractivity contribution is 5.82. The molecule has 4 heteroatoms. The summed E-state index contributed by atoms with van der Waals surface area (Å²) >= 11 is 0. The highest BCUT2D eigenvalue weighted by Gasteiger charge is 2.29. The van der Waals surface area contributed by atoms with E-state index in [-0.39, 0.29) is 11.9 Å². The Bertz CT molecular complexity index is 282. The molecule has 1 amide bonds. The Morgan fingerprint density at radius 2 is 1.84 bits per heavy atom. The third-order valence-electron chi connectivity index (χ3n) is 4.85. The van der Waals surface area contributed by atoms with Crippen LogP contribution >= 0.6 is 0 Å². The van der Waals surface area contributed by atoms with Crippen LogP contribution in [0.1, 0.15) is 51.9 Å². The van der Waals surface area contributed by atoms with E-state index in [1.165, 1.54) is 19.3 Å². The molecule has 2 rings (SSSR count). The lowest BCUT2D eigenvalue weighted by Gasteiger charge is -2.31. The molecule has 110 valence electrons. The van der Waals surface area contributed by atoms with Crippen LogP contribution in [0.3, 0.4) is 0 Å². The minimum absolute atomic E-state index is 0.0480. The van der Waals surface area contributed by atoms with Crippen LogP contribution in [0.2, 0.25) is 0 Å². The fourth-order valence-electron chi connectivity index (χ4n) is 3.30. The first kappa shape index (κ1) is 14.8. The molecule has 19 heavy (non-hydrogen) atoms. The monoisotopic (exact) mass is 268 g/mol. The molecule has 1 heterocycles. The topological polar surface area (TPSA) is 64.4 Å². The maximum absolute atomic E-state index is 12.2. The van der Waals surface area contributed by atoms with Crippen LogP contribution in [0.15, 0.2) is 0 Å². The van der Waals surface area contributed by atoms with E-state index in [1.54, 1.807) is 0 Å². The minimum Gasteiger partial charge on any atom is -0.381 e. The van der Waals surface area contributed by atoms with Crippen LogP contribution in [-0.4, -0.2) is 31.2 Å². The summed E-state index contributed by atoms with van der Waals surface area (Å²) in [5, 5.41) is 3.16. The molecule has 1 aliphatic heterocycles. The van der Waals surface area contributed by atoms with Crippen molar-refractivity contribution in [3.63, 3.8) is 0 Å². The van der Waals surface area contributed by atoms with Crippen molar-refractivity contribution in [2.24, 2.45) is 17.6 Å². The Hall–Kier alpha value is -0.610. The predicted octanol–water partition coefficient (Wildman–Crippen LogP) is 1.83. The second kappa shape index (κ2) is 7.25. The van der Waals surface area contributed by atoms with Crippen LogP contribution < -0.4 is 11.1 Å². The average molecular weight is 268 g/mol. The lowest BCUT2D eigenvalue weighted by atomic mass is 9.84. The zero-order chi connectivity index (χ0) is 13.7. The maximum atomic E-state index is 12.2. The summed E-state index contributed by atoms with van der Waals surface area (Å²) in [5.74, 6) is 1.20. The Kier molecular flexibility index (Phi) is 5.64. The zero-order valence-corrected chi connectivity index (χ0v) is 12.1. The predicted molar refractivity (Wildman–Crippen MR) is 75.7 cm³/mol. The molecule has 0 aromatic carbocycles. The summed E-state index contributed by atoms with van der Waals surface area (Å²) < 4.78 is 5.32. The number of amides is 1. The summed E-state index contributed by atoms with van der Waals surface area (Å²) in [6, 6.07) is -0.00557.